The van der Waals surface area contributed by atoms with Crippen LogP contribution in [0.2, 0.25) is 0 Å². The monoisotopic (exact) mass is 499 g/mol. The second-order valence-corrected chi connectivity index (χ2v) is 10.2. The maximum atomic E-state index is 13.3. The molecule has 0 unspecified atom stereocenters. The molecule has 1 aromatic heterocycles. The van der Waals surface area contributed by atoms with E-state index < -0.39 is 29.7 Å². The van der Waals surface area contributed by atoms with Crippen molar-refractivity contribution in [1.82, 2.24) is 16.1 Å². The topological polar surface area (TPSA) is 110 Å². The number of hydrogen-bond donors (Lipinski definition) is 3. The quantitative estimate of drug-likeness (QED) is 0.220. The molecular formula is C23H30N3NaO4S2. The second kappa shape index (κ2) is 15.5. The average molecular weight is 500 g/mol. The molecule has 3 N–H and O–H groups in total. The van der Waals surface area contributed by atoms with Crippen molar-refractivity contribution in [2.45, 2.75) is 36.9 Å². The first kappa shape index (κ1) is 29.7. The zero-order valence-corrected chi connectivity index (χ0v) is 23.1. The van der Waals surface area contributed by atoms with Crippen molar-refractivity contribution in [3.63, 3.8) is 0 Å². The average Bonchev–Trinajstić information content (AvgIpc) is 3.31. The SMILES string of the molecule is CNC(=O)[C@H](Cc1ccccc1)NC(=O)[C@@H](CC(C)C)[C@@H](CSc1cccs1)C(=O)N[O-].[Na+]. The number of rotatable bonds is 12. The summed E-state index contributed by atoms with van der Waals surface area (Å²) >= 11 is 2.98. The molecule has 174 valence electrons. The van der Waals surface area contributed by atoms with Gasteiger partial charge in [0, 0.05) is 19.2 Å². The van der Waals surface area contributed by atoms with Crippen molar-refractivity contribution in [1.29, 1.82) is 0 Å². The summed E-state index contributed by atoms with van der Waals surface area (Å²) < 4.78 is 1.00. The first-order chi connectivity index (χ1) is 15.3. The maximum absolute atomic E-state index is 13.3. The van der Waals surface area contributed by atoms with Crippen LogP contribution in [0.25, 0.3) is 0 Å². The van der Waals surface area contributed by atoms with Crippen molar-refractivity contribution < 1.29 is 43.9 Å². The molecule has 0 bridgehead atoms. The van der Waals surface area contributed by atoms with Crippen LogP contribution in [0.3, 0.4) is 0 Å². The van der Waals surface area contributed by atoms with Gasteiger partial charge in [0.25, 0.3) is 0 Å². The van der Waals surface area contributed by atoms with E-state index in [2.05, 4.69) is 10.6 Å². The molecule has 3 atom stereocenters. The van der Waals surface area contributed by atoms with Gasteiger partial charge in [0.2, 0.25) is 17.7 Å². The number of thioether (sulfide) groups is 1. The number of hydrogen-bond acceptors (Lipinski definition) is 6. The summed E-state index contributed by atoms with van der Waals surface area (Å²) in [6.45, 7) is 3.91. The summed E-state index contributed by atoms with van der Waals surface area (Å²) in [7, 11) is 1.52. The van der Waals surface area contributed by atoms with Crippen LogP contribution in [0, 0.1) is 23.0 Å². The van der Waals surface area contributed by atoms with Gasteiger partial charge < -0.3 is 21.3 Å². The molecule has 0 saturated carbocycles. The number of likely N-dealkylation sites (N-methyl/N-ethyl adjacent to an activating group) is 1. The summed E-state index contributed by atoms with van der Waals surface area (Å²) in [6, 6.07) is 12.5. The minimum absolute atomic E-state index is 0. The number of nitrogens with one attached hydrogen (secondary N) is 3. The molecule has 0 saturated heterocycles. The Morgan fingerprint density at radius 2 is 1.70 bits per heavy atom. The van der Waals surface area contributed by atoms with Gasteiger partial charge in [-0.1, -0.05) is 50.2 Å². The minimum atomic E-state index is -0.816. The van der Waals surface area contributed by atoms with Crippen LogP contribution in [0.1, 0.15) is 25.8 Å². The minimum Gasteiger partial charge on any atom is -0.759 e. The Bertz CT molecular complexity index is 866. The van der Waals surface area contributed by atoms with Gasteiger partial charge in [0.05, 0.1) is 16.0 Å². The molecule has 33 heavy (non-hydrogen) atoms. The number of hydroxylamine groups is 1. The van der Waals surface area contributed by atoms with Crippen LogP contribution < -0.4 is 45.7 Å². The van der Waals surface area contributed by atoms with E-state index in [1.54, 1.807) is 0 Å². The third-order valence-corrected chi connectivity index (χ3v) is 7.30. The third kappa shape index (κ3) is 9.80. The fraction of sp³-hybridized carbons (Fsp3) is 0.435. The molecule has 0 spiro atoms. The molecular weight excluding hydrogens is 469 g/mol. The van der Waals surface area contributed by atoms with E-state index in [9.17, 15) is 19.6 Å². The number of thiophene rings is 1. The Morgan fingerprint density at radius 3 is 2.24 bits per heavy atom. The van der Waals surface area contributed by atoms with E-state index in [4.69, 9.17) is 0 Å². The normalized spacial score (nSPS) is 13.4. The Hall–Kier alpha value is -1.36. The second-order valence-electron chi connectivity index (χ2n) is 7.92. The summed E-state index contributed by atoms with van der Waals surface area (Å²) in [4.78, 5) is 38.3. The zero-order valence-electron chi connectivity index (χ0n) is 19.5. The van der Waals surface area contributed by atoms with Gasteiger partial charge in [0.1, 0.15) is 6.04 Å². The largest absolute Gasteiger partial charge is 1.00 e. The molecule has 7 nitrogen and oxygen atoms in total. The van der Waals surface area contributed by atoms with Gasteiger partial charge in [-0.25, -0.2) is 0 Å². The molecule has 0 aliphatic carbocycles. The maximum Gasteiger partial charge on any atom is 1.00 e. The predicted molar refractivity (Wildman–Crippen MR) is 129 cm³/mol. The zero-order chi connectivity index (χ0) is 23.5. The fourth-order valence-corrected chi connectivity index (χ4v) is 5.44. The molecule has 1 heterocycles. The van der Waals surface area contributed by atoms with Gasteiger partial charge in [-0.15, -0.1) is 23.1 Å². The number of carbonyl (C=O) groups excluding carboxylic acids is 3. The molecule has 2 aromatic rings. The smallest absolute Gasteiger partial charge is 0.759 e. The van der Waals surface area contributed by atoms with E-state index >= 15 is 0 Å². The molecule has 3 amide bonds. The number of benzene rings is 1. The van der Waals surface area contributed by atoms with E-state index in [1.165, 1.54) is 35.6 Å². The first-order valence-electron chi connectivity index (χ1n) is 10.5. The van der Waals surface area contributed by atoms with Crippen LogP contribution >= 0.6 is 23.1 Å². The van der Waals surface area contributed by atoms with Gasteiger partial charge in [-0.05, 0) is 29.3 Å². The standard InChI is InChI=1S/C23H30N3O4S2.Na/c1-15(2)12-17(18(22(28)26-30)14-32-20-10-7-11-31-20)21(27)25-19(23(29)24-3)13-16-8-5-4-6-9-16;/h4-11,15,17-19H,12-14H2,1-3H3,(H3-,24,25,26,27,28,29,30);/q-1;+1/t17-,18+,19-;/m0./s1. The molecule has 0 fully saturated rings. The third-order valence-electron chi connectivity index (χ3n) is 5.05. The van der Waals surface area contributed by atoms with Crippen LogP contribution in [-0.4, -0.2) is 36.6 Å². The Kier molecular flexibility index (Phi) is 14.0. The van der Waals surface area contributed by atoms with Crippen LogP contribution in [0.5, 0.6) is 0 Å². The first-order valence-corrected chi connectivity index (χ1v) is 12.4. The van der Waals surface area contributed by atoms with E-state index in [-0.39, 0.29) is 41.4 Å². The Labute approximate surface area is 225 Å². The Balaban J connectivity index is 0.00000544. The van der Waals surface area contributed by atoms with Gasteiger partial charge in [-0.2, -0.15) is 0 Å². The van der Waals surface area contributed by atoms with E-state index in [0.29, 0.717) is 18.6 Å². The van der Waals surface area contributed by atoms with Crippen molar-refractivity contribution in [3.8, 4) is 0 Å². The fourth-order valence-electron chi connectivity index (χ4n) is 3.44. The number of amides is 3. The molecule has 0 aliphatic heterocycles. The predicted octanol–water partition coefficient (Wildman–Crippen LogP) is 0.210. The van der Waals surface area contributed by atoms with Crippen LogP contribution in [0.15, 0.2) is 52.1 Å². The molecule has 0 radical (unpaired) electrons. The van der Waals surface area contributed by atoms with Crippen LogP contribution in [-0.2, 0) is 20.8 Å². The molecule has 0 aliphatic rings. The van der Waals surface area contributed by atoms with Crippen molar-refractivity contribution in [3.05, 3.63) is 58.6 Å². The van der Waals surface area contributed by atoms with Crippen LogP contribution in [0.4, 0.5) is 0 Å². The summed E-state index contributed by atoms with van der Waals surface area (Å²) in [5.74, 6) is -2.57. The van der Waals surface area contributed by atoms with E-state index in [1.807, 2.05) is 61.7 Å². The van der Waals surface area contributed by atoms with E-state index in [0.717, 1.165) is 9.77 Å². The van der Waals surface area contributed by atoms with Crippen molar-refractivity contribution >= 4 is 40.8 Å². The molecule has 1 aromatic carbocycles. The summed E-state index contributed by atoms with van der Waals surface area (Å²) in [5, 5.41) is 18.6. The van der Waals surface area contributed by atoms with Gasteiger partial charge in [-0.3, -0.25) is 14.4 Å². The summed E-state index contributed by atoms with van der Waals surface area (Å²) in [6.07, 6.45) is 0.740. The summed E-state index contributed by atoms with van der Waals surface area (Å²) in [5.41, 5.74) is 2.38. The molecule has 2 rings (SSSR count). The molecule has 10 heteroatoms. The van der Waals surface area contributed by atoms with Gasteiger partial charge in [0.15, 0.2) is 0 Å². The Morgan fingerprint density at radius 1 is 1.00 bits per heavy atom. The van der Waals surface area contributed by atoms with Crippen molar-refractivity contribution in [2.24, 2.45) is 17.8 Å². The van der Waals surface area contributed by atoms with Gasteiger partial charge >= 0.3 is 29.6 Å². The number of carbonyl (C=O) groups is 3. The van der Waals surface area contributed by atoms with Crippen molar-refractivity contribution in [2.75, 3.05) is 12.8 Å².